The molecule has 1 aliphatic carbocycles. The fraction of sp³-hybridized carbons (Fsp3) is 0.727. The van der Waals surface area contributed by atoms with Crippen LogP contribution >= 0.6 is 0 Å². The molecular formula is C22H33FO3. The molecule has 1 N–H and O–H groups in total. The van der Waals surface area contributed by atoms with Gasteiger partial charge in [-0.3, -0.25) is 0 Å². The van der Waals surface area contributed by atoms with Gasteiger partial charge in [-0.1, -0.05) is 20.3 Å². The monoisotopic (exact) mass is 364 g/mol. The molecule has 1 aliphatic heterocycles. The molecule has 1 aromatic rings. The number of fused-ring (bicyclic) bond motifs is 1. The number of hydrogen-bond acceptors (Lipinski definition) is 3. The third kappa shape index (κ3) is 4.58. The van der Waals surface area contributed by atoms with E-state index < -0.39 is 6.10 Å². The molecule has 2 aliphatic rings. The van der Waals surface area contributed by atoms with Crippen LogP contribution in [-0.2, 0) is 4.74 Å². The second-order valence-electron chi connectivity index (χ2n) is 8.46. The van der Waals surface area contributed by atoms with Gasteiger partial charge in [-0.25, -0.2) is 4.39 Å². The maximum absolute atomic E-state index is 13.0. The van der Waals surface area contributed by atoms with Gasteiger partial charge in [-0.05, 0) is 80.0 Å². The van der Waals surface area contributed by atoms with Crippen molar-refractivity contribution in [2.75, 3.05) is 13.2 Å². The summed E-state index contributed by atoms with van der Waals surface area (Å²) >= 11 is 0. The first-order chi connectivity index (χ1) is 12.5. The Morgan fingerprint density at radius 2 is 1.85 bits per heavy atom. The van der Waals surface area contributed by atoms with Gasteiger partial charge in [0.05, 0.1) is 18.8 Å². The van der Waals surface area contributed by atoms with Crippen LogP contribution in [0.25, 0.3) is 0 Å². The highest BCUT2D eigenvalue weighted by Crippen LogP contribution is 2.46. The lowest BCUT2D eigenvalue weighted by Crippen LogP contribution is -2.42. The van der Waals surface area contributed by atoms with Crippen molar-refractivity contribution in [2.24, 2.45) is 29.6 Å². The van der Waals surface area contributed by atoms with Crippen LogP contribution in [0.2, 0.25) is 0 Å². The van der Waals surface area contributed by atoms with E-state index in [0.29, 0.717) is 29.6 Å². The Morgan fingerprint density at radius 1 is 1.12 bits per heavy atom. The van der Waals surface area contributed by atoms with E-state index in [4.69, 9.17) is 9.47 Å². The Kier molecular flexibility index (Phi) is 6.57. The van der Waals surface area contributed by atoms with E-state index in [1.165, 1.54) is 25.0 Å². The first kappa shape index (κ1) is 19.6. The molecule has 146 valence electrons. The van der Waals surface area contributed by atoms with Crippen LogP contribution in [0.4, 0.5) is 4.39 Å². The minimum Gasteiger partial charge on any atom is -0.491 e. The van der Waals surface area contributed by atoms with E-state index in [0.717, 1.165) is 25.4 Å². The van der Waals surface area contributed by atoms with Crippen LogP contribution in [0, 0.1) is 35.4 Å². The van der Waals surface area contributed by atoms with E-state index in [1.54, 1.807) is 12.1 Å². The van der Waals surface area contributed by atoms with Crippen molar-refractivity contribution in [1.29, 1.82) is 0 Å². The molecule has 7 atom stereocenters. The number of hydrogen-bond donors (Lipinski definition) is 1. The van der Waals surface area contributed by atoms with Gasteiger partial charge in [0, 0.05) is 0 Å². The normalized spacial score (nSPS) is 34.4. The number of aliphatic hydroxyl groups is 1. The molecule has 3 rings (SSSR count). The summed E-state index contributed by atoms with van der Waals surface area (Å²) in [5.41, 5.74) is 0. The van der Waals surface area contributed by atoms with E-state index in [2.05, 4.69) is 20.8 Å². The fourth-order valence-corrected chi connectivity index (χ4v) is 4.96. The number of benzene rings is 1. The van der Waals surface area contributed by atoms with Crippen LogP contribution < -0.4 is 4.74 Å². The topological polar surface area (TPSA) is 38.7 Å². The molecule has 2 unspecified atom stereocenters. The van der Waals surface area contributed by atoms with Gasteiger partial charge in [-0.2, -0.15) is 0 Å². The first-order valence-electron chi connectivity index (χ1n) is 10.1. The zero-order valence-corrected chi connectivity index (χ0v) is 16.2. The number of aliphatic hydroxyl groups excluding tert-OH is 1. The minimum absolute atomic E-state index is 0.160. The standard InChI is InChI=1S/C22H33FO3/c1-14-4-10-20(21-12-25-15(2)5-11-19(14)21)16(3)22(24)13-26-18-8-6-17(23)7-9-18/h6-9,14-16,19-22,24H,4-5,10-13H2,1-3H3/t14-,15?,16-,19+,20+,21?,22-/m1/s1. The Labute approximate surface area is 156 Å². The van der Waals surface area contributed by atoms with Crippen LogP contribution in [-0.4, -0.2) is 30.5 Å². The minimum atomic E-state index is -0.528. The van der Waals surface area contributed by atoms with Crippen molar-refractivity contribution in [3.05, 3.63) is 30.1 Å². The maximum Gasteiger partial charge on any atom is 0.123 e. The van der Waals surface area contributed by atoms with Crippen molar-refractivity contribution < 1.29 is 19.0 Å². The molecule has 1 aromatic carbocycles. The SMILES string of the molecule is CC1CC[C@@H]2C(CO1)[C@H]([C@@H](C)[C@H](O)COc1ccc(F)cc1)CC[C@H]2C. The van der Waals surface area contributed by atoms with Crippen LogP contribution in [0.3, 0.4) is 0 Å². The Bertz CT molecular complexity index is 561. The smallest absolute Gasteiger partial charge is 0.123 e. The third-order valence-electron chi connectivity index (χ3n) is 6.78. The summed E-state index contributed by atoms with van der Waals surface area (Å²) < 4.78 is 24.7. The van der Waals surface area contributed by atoms with Gasteiger partial charge < -0.3 is 14.6 Å². The Balaban J connectivity index is 1.61. The predicted molar refractivity (Wildman–Crippen MR) is 101 cm³/mol. The van der Waals surface area contributed by atoms with Crippen molar-refractivity contribution in [2.45, 2.75) is 58.7 Å². The molecular weight excluding hydrogens is 331 g/mol. The van der Waals surface area contributed by atoms with Gasteiger partial charge >= 0.3 is 0 Å². The summed E-state index contributed by atoms with van der Waals surface area (Å²) in [7, 11) is 0. The molecule has 1 heterocycles. The second kappa shape index (κ2) is 8.71. The lowest BCUT2D eigenvalue weighted by molar-refractivity contribution is -0.0425. The molecule has 0 bridgehead atoms. The zero-order valence-electron chi connectivity index (χ0n) is 16.2. The summed E-state index contributed by atoms with van der Waals surface area (Å²) in [4.78, 5) is 0. The molecule has 26 heavy (non-hydrogen) atoms. The lowest BCUT2D eigenvalue weighted by Gasteiger charge is -2.44. The highest BCUT2D eigenvalue weighted by molar-refractivity contribution is 5.22. The number of rotatable bonds is 5. The Hall–Kier alpha value is -1.13. The zero-order chi connectivity index (χ0) is 18.7. The van der Waals surface area contributed by atoms with E-state index in [-0.39, 0.29) is 18.3 Å². The van der Waals surface area contributed by atoms with Gasteiger partial charge in [0.1, 0.15) is 18.2 Å². The van der Waals surface area contributed by atoms with E-state index >= 15 is 0 Å². The van der Waals surface area contributed by atoms with Crippen LogP contribution in [0.1, 0.15) is 46.5 Å². The van der Waals surface area contributed by atoms with Gasteiger partial charge in [-0.15, -0.1) is 0 Å². The molecule has 3 nitrogen and oxygen atoms in total. The molecule has 1 saturated heterocycles. The second-order valence-corrected chi connectivity index (χ2v) is 8.46. The molecule has 0 aromatic heterocycles. The molecule has 2 fully saturated rings. The van der Waals surface area contributed by atoms with Crippen molar-refractivity contribution in [1.82, 2.24) is 0 Å². The van der Waals surface area contributed by atoms with Crippen molar-refractivity contribution >= 4 is 0 Å². The summed E-state index contributed by atoms with van der Waals surface area (Å²) in [6, 6.07) is 5.96. The number of halogens is 1. The van der Waals surface area contributed by atoms with Gasteiger partial charge in [0.15, 0.2) is 0 Å². The van der Waals surface area contributed by atoms with Gasteiger partial charge in [0.25, 0.3) is 0 Å². The third-order valence-corrected chi connectivity index (χ3v) is 6.78. The molecule has 0 spiro atoms. The average molecular weight is 365 g/mol. The molecule has 0 radical (unpaired) electrons. The first-order valence-corrected chi connectivity index (χ1v) is 10.1. The van der Waals surface area contributed by atoms with Crippen molar-refractivity contribution in [3.63, 3.8) is 0 Å². The van der Waals surface area contributed by atoms with Crippen LogP contribution in [0.5, 0.6) is 5.75 Å². The predicted octanol–water partition coefficient (Wildman–Crippen LogP) is 4.68. The Morgan fingerprint density at radius 3 is 2.58 bits per heavy atom. The van der Waals surface area contributed by atoms with Crippen molar-refractivity contribution in [3.8, 4) is 5.75 Å². The summed E-state index contributed by atoms with van der Waals surface area (Å²) in [6.45, 7) is 7.75. The summed E-state index contributed by atoms with van der Waals surface area (Å²) in [6.07, 6.45) is 4.57. The summed E-state index contributed by atoms with van der Waals surface area (Å²) in [5.74, 6) is 2.91. The van der Waals surface area contributed by atoms with E-state index in [1.807, 2.05) is 0 Å². The highest BCUT2D eigenvalue weighted by atomic mass is 19.1. The lowest BCUT2D eigenvalue weighted by atomic mass is 9.62. The van der Waals surface area contributed by atoms with Gasteiger partial charge in [0.2, 0.25) is 0 Å². The summed E-state index contributed by atoms with van der Waals surface area (Å²) in [5, 5.41) is 10.7. The molecule has 4 heteroatoms. The van der Waals surface area contributed by atoms with E-state index in [9.17, 15) is 9.50 Å². The largest absolute Gasteiger partial charge is 0.491 e. The van der Waals surface area contributed by atoms with Crippen LogP contribution in [0.15, 0.2) is 24.3 Å². The highest BCUT2D eigenvalue weighted by Gasteiger charge is 2.42. The molecule has 1 saturated carbocycles. The average Bonchev–Trinajstić information content (AvgIpc) is 2.83. The quantitative estimate of drug-likeness (QED) is 0.824. The maximum atomic E-state index is 13.0. The number of ether oxygens (including phenoxy) is 2. The fourth-order valence-electron chi connectivity index (χ4n) is 4.96. The molecule has 0 amide bonds.